The minimum Gasteiger partial charge on any atom is -0.298 e. The number of Topliss-reactive ketones (excluding diaryl/α,β-unsaturated/α-hetero) is 1. The van der Waals surface area contributed by atoms with E-state index in [1.54, 1.807) is 12.4 Å². The van der Waals surface area contributed by atoms with Gasteiger partial charge in [-0.05, 0) is 36.8 Å². The molecule has 0 unspecified atom stereocenters. The van der Waals surface area contributed by atoms with Crippen LogP contribution in [0.3, 0.4) is 0 Å². The van der Waals surface area contributed by atoms with E-state index in [9.17, 15) is 4.79 Å². The first-order chi connectivity index (χ1) is 13.7. The molecule has 0 spiro atoms. The zero-order valence-corrected chi connectivity index (χ0v) is 16.9. The summed E-state index contributed by atoms with van der Waals surface area (Å²) in [6.07, 6.45) is 3.48. The van der Waals surface area contributed by atoms with Crippen LogP contribution in [-0.4, -0.2) is 31.3 Å². The molecule has 4 rings (SSSR count). The number of aryl methyl sites for hydroxylation is 1. The van der Waals surface area contributed by atoms with Crippen molar-refractivity contribution >= 4 is 28.9 Å². The Kier molecular flexibility index (Phi) is 5.64. The highest BCUT2D eigenvalue weighted by Crippen LogP contribution is 2.26. The maximum absolute atomic E-state index is 12.5. The molecule has 0 fully saturated rings. The number of benzene rings is 1. The van der Waals surface area contributed by atoms with E-state index in [1.807, 2.05) is 49.4 Å². The lowest BCUT2D eigenvalue weighted by Gasteiger charge is -2.10. The predicted molar refractivity (Wildman–Crippen MR) is 113 cm³/mol. The zero-order chi connectivity index (χ0) is 19.3. The van der Waals surface area contributed by atoms with Crippen LogP contribution in [0, 0.1) is 6.92 Å². The van der Waals surface area contributed by atoms with Crippen molar-refractivity contribution in [3.8, 4) is 11.4 Å². The molecule has 0 aliphatic heterocycles. The van der Waals surface area contributed by atoms with Crippen molar-refractivity contribution in [2.75, 3.05) is 5.75 Å². The van der Waals surface area contributed by atoms with Crippen molar-refractivity contribution in [2.45, 2.75) is 18.6 Å². The number of rotatable bonds is 7. The molecule has 0 aliphatic carbocycles. The molecule has 7 heteroatoms. The monoisotopic (exact) mass is 406 g/mol. The van der Waals surface area contributed by atoms with Gasteiger partial charge in [0.2, 0.25) is 0 Å². The molecule has 3 aromatic heterocycles. The predicted octanol–water partition coefficient (Wildman–Crippen LogP) is 4.73. The van der Waals surface area contributed by atoms with E-state index in [0.29, 0.717) is 12.3 Å². The van der Waals surface area contributed by atoms with Crippen LogP contribution < -0.4 is 0 Å². The van der Waals surface area contributed by atoms with Crippen molar-refractivity contribution in [3.63, 3.8) is 0 Å². The number of hydrogen-bond donors (Lipinski definition) is 0. The van der Waals surface area contributed by atoms with Gasteiger partial charge in [0.25, 0.3) is 0 Å². The number of pyridine rings is 1. The van der Waals surface area contributed by atoms with Gasteiger partial charge in [-0.3, -0.25) is 14.3 Å². The van der Waals surface area contributed by atoms with E-state index in [0.717, 1.165) is 31.9 Å². The molecule has 0 saturated heterocycles. The number of thiophene rings is 1. The summed E-state index contributed by atoms with van der Waals surface area (Å²) in [7, 11) is 0. The van der Waals surface area contributed by atoms with E-state index >= 15 is 0 Å². The molecular formula is C21H18N4OS2. The summed E-state index contributed by atoms with van der Waals surface area (Å²) in [5.41, 5.74) is 2.10. The summed E-state index contributed by atoms with van der Waals surface area (Å²) in [5.74, 6) is 1.22. The molecule has 140 valence electrons. The van der Waals surface area contributed by atoms with E-state index in [-0.39, 0.29) is 5.78 Å². The summed E-state index contributed by atoms with van der Waals surface area (Å²) >= 11 is 2.95. The molecular weight excluding hydrogens is 388 g/mol. The largest absolute Gasteiger partial charge is 0.298 e. The quantitative estimate of drug-likeness (QED) is 0.328. The maximum atomic E-state index is 12.5. The lowest BCUT2D eigenvalue weighted by Crippen LogP contribution is -2.06. The third-order valence-electron chi connectivity index (χ3n) is 4.19. The molecule has 0 bridgehead atoms. The summed E-state index contributed by atoms with van der Waals surface area (Å²) in [5, 5.41) is 9.49. The minimum atomic E-state index is 0.114. The van der Waals surface area contributed by atoms with E-state index in [2.05, 4.69) is 31.9 Å². The first-order valence-corrected chi connectivity index (χ1v) is 10.6. The van der Waals surface area contributed by atoms with E-state index < -0.39 is 0 Å². The van der Waals surface area contributed by atoms with Crippen LogP contribution in [0.4, 0.5) is 0 Å². The number of aromatic nitrogens is 4. The average Bonchev–Trinajstić information content (AvgIpc) is 3.34. The number of carbonyl (C=O) groups excluding carboxylic acids is 1. The van der Waals surface area contributed by atoms with Gasteiger partial charge in [-0.15, -0.1) is 21.5 Å². The van der Waals surface area contributed by atoms with E-state index in [4.69, 9.17) is 0 Å². The smallest absolute Gasteiger partial charge is 0.192 e. The van der Waals surface area contributed by atoms with Crippen molar-refractivity contribution in [2.24, 2.45) is 0 Å². The van der Waals surface area contributed by atoms with Crippen molar-refractivity contribution in [1.82, 2.24) is 19.7 Å². The lowest BCUT2D eigenvalue weighted by atomic mass is 10.2. The Bertz CT molecular complexity index is 1070. The first kappa shape index (κ1) is 18.6. The Morgan fingerprint density at radius 3 is 2.54 bits per heavy atom. The third-order valence-corrected chi connectivity index (χ3v) is 6.19. The summed E-state index contributed by atoms with van der Waals surface area (Å²) in [4.78, 5) is 18.5. The Balaban J connectivity index is 1.61. The van der Waals surface area contributed by atoms with Gasteiger partial charge in [0.05, 0.1) is 17.2 Å². The fourth-order valence-corrected chi connectivity index (χ4v) is 4.52. The molecule has 4 aromatic rings. The van der Waals surface area contributed by atoms with Gasteiger partial charge in [-0.1, -0.05) is 42.1 Å². The van der Waals surface area contributed by atoms with E-state index in [1.165, 1.54) is 23.1 Å². The molecule has 1 aromatic carbocycles. The second-order valence-corrected chi connectivity index (χ2v) is 8.47. The minimum absolute atomic E-state index is 0.114. The van der Waals surface area contributed by atoms with Crippen LogP contribution in [0.2, 0.25) is 0 Å². The molecule has 5 nitrogen and oxygen atoms in total. The number of thioether (sulfide) groups is 1. The van der Waals surface area contributed by atoms with Gasteiger partial charge in [-0.25, -0.2) is 0 Å². The lowest BCUT2D eigenvalue weighted by molar-refractivity contribution is 0.102. The Labute approximate surface area is 171 Å². The van der Waals surface area contributed by atoms with Gasteiger partial charge in [0.15, 0.2) is 16.8 Å². The Morgan fingerprint density at radius 1 is 1.04 bits per heavy atom. The molecule has 0 saturated carbocycles. The second kappa shape index (κ2) is 8.50. The number of ketones is 1. The van der Waals surface area contributed by atoms with Crippen LogP contribution >= 0.6 is 23.1 Å². The highest BCUT2D eigenvalue weighted by atomic mass is 32.2. The highest BCUT2D eigenvalue weighted by Gasteiger charge is 2.17. The standard InChI is InChI=1S/C21H18N4OS2/c1-15-7-8-19(28-15)18(26)14-27-21-24-23-20(17-9-11-22-12-10-17)25(21)13-16-5-3-2-4-6-16/h2-12H,13-14H2,1H3. The Morgan fingerprint density at radius 2 is 1.82 bits per heavy atom. The van der Waals surface area contributed by atoms with Crippen LogP contribution in [0.5, 0.6) is 0 Å². The van der Waals surface area contributed by atoms with Crippen molar-refractivity contribution in [3.05, 3.63) is 82.3 Å². The van der Waals surface area contributed by atoms with Crippen LogP contribution in [0.15, 0.2) is 72.1 Å². The van der Waals surface area contributed by atoms with Crippen LogP contribution in [-0.2, 0) is 6.54 Å². The summed E-state index contributed by atoms with van der Waals surface area (Å²) in [6.45, 7) is 2.65. The van der Waals surface area contributed by atoms with Crippen LogP contribution in [0.1, 0.15) is 20.1 Å². The van der Waals surface area contributed by atoms with Gasteiger partial charge in [0.1, 0.15) is 0 Å². The van der Waals surface area contributed by atoms with Crippen LogP contribution in [0.25, 0.3) is 11.4 Å². The fraction of sp³-hybridized carbons (Fsp3) is 0.143. The summed E-state index contributed by atoms with van der Waals surface area (Å²) in [6, 6.07) is 17.9. The molecule has 28 heavy (non-hydrogen) atoms. The maximum Gasteiger partial charge on any atom is 0.192 e. The third kappa shape index (κ3) is 4.21. The topological polar surface area (TPSA) is 60.7 Å². The number of nitrogens with zero attached hydrogens (tertiary/aromatic N) is 4. The van der Waals surface area contributed by atoms with Gasteiger partial charge >= 0.3 is 0 Å². The molecule has 0 radical (unpaired) electrons. The normalized spacial score (nSPS) is 10.9. The first-order valence-electron chi connectivity index (χ1n) is 8.80. The zero-order valence-electron chi connectivity index (χ0n) is 15.3. The molecule has 0 aliphatic rings. The average molecular weight is 407 g/mol. The SMILES string of the molecule is Cc1ccc(C(=O)CSc2nnc(-c3ccncc3)n2Cc2ccccc2)s1. The molecule has 0 N–H and O–H groups in total. The molecule has 3 heterocycles. The van der Waals surface area contributed by atoms with Crippen molar-refractivity contribution < 1.29 is 4.79 Å². The summed E-state index contributed by atoms with van der Waals surface area (Å²) < 4.78 is 2.06. The van der Waals surface area contributed by atoms with Crippen molar-refractivity contribution in [1.29, 1.82) is 0 Å². The highest BCUT2D eigenvalue weighted by molar-refractivity contribution is 7.99. The van der Waals surface area contributed by atoms with Gasteiger partial charge < -0.3 is 0 Å². The van der Waals surface area contributed by atoms with Gasteiger partial charge in [0, 0.05) is 22.8 Å². The van der Waals surface area contributed by atoms with Gasteiger partial charge in [-0.2, -0.15) is 0 Å². The Hall–Kier alpha value is -2.77. The number of hydrogen-bond acceptors (Lipinski definition) is 6. The molecule has 0 atom stereocenters. The second-order valence-electron chi connectivity index (χ2n) is 6.24. The number of carbonyl (C=O) groups is 1. The molecule has 0 amide bonds. The fourth-order valence-electron chi connectivity index (χ4n) is 2.80.